The van der Waals surface area contributed by atoms with Crippen molar-refractivity contribution in [2.24, 2.45) is 11.3 Å². The summed E-state index contributed by atoms with van der Waals surface area (Å²) in [5.74, 6) is 0.405. The van der Waals surface area contributed by atoms with Crippen LogP contribution < -0.4 is 5.48 Å². The van der Waals surface area contributed by atoms with Crippen LogP contribution in [0.4, 0.5) is 0 Å². The monoisotopic (exact) mass is 354 g/mol. The van der Waals surface area contributed by atoms with Crippen LogP contribution in [-0.4, -0.2) is 36.0 Å². The maximum Gasteiger partial charge on any atom is 0.315 e. The zero-order valence-electron chi connectivity index (χ0n) is 14.4. The van der Waals surface area contributed by atoms with Gasteiger partial charge in [-0.25, -0.2) is 4.90 Å². The minimum atomic E-state index is -0.503. The van der Waals surface area contributed by atoms with E-state index in [0.717, 1.165) is 10.5 Å². The molecular weight excluding hydrogens is 336 g/mol. The highest BCUT2D eigenvalue weighted by Gasteiger charge is 2.58. The Morgan fingerprint density at radius 2 is 1.92 bits per heavy atom. The van der Waals surface area contributed by atoms with Crippen LogP contribution in [0.5, 0.6) is 0 Å². The molecule has 0 saturated heterocycles. The number of ether oxygens (including phenoxy) is 1. The second-order valence-electron chi connectivity index (χ2n) is 6.54. The van der Waals surface area contributed by atoms with Crippen molar-refractivity contribution >= 4 is 17.8 Å². The first kappa shape index (κ1) is 17.7. The fraction of sp³-hybridized carbons (Fsp3) is 0.316. The van der Waals surface area contributed by atoms with Gasteiger partial charge in [-0.1, -0.05) is 31.9 Å². The number of esters is 1. The number of nitrogens with one attached hydrogen (secondary N) is 1. The number of terminal acetylenes is 1. The van der Waals surface area contributed by atoms with Gasteiger partial charge in [-0.2, -0.15) is 0 Å². The lowest BCUT2D eigenvalue weighted by Crippen LogP contribution is -2.33. The quantitative estimate of drug-likeness (QED) is 0.274. The van der Waals surface area contributed by atoms with Crippen molar-refractivity contribution in [1.29, 1.82) is 0 Å². The van der Waals surface area contributed by atoms with Crippen LogP contribution >= 0.6 is 0 Å². The SMILES string of the molecule is C#CCONC=C1[C@@H](C(=O)OCN2C(=O)c3ccccc3C2=O)C1(C)C. The van der Waals surface area contributed by atoms with E-state index >= 15 is 0 Å². The average molecular weight is 354 g/mol. The first-order valence-corrected chi connectivity index (χ1v) is 8.02. The van der Waals surface area contributed by atoms with E-state index < -0.39 is 35.8 Å². The highest BCUT2D eigenvalue weighted by atomic mass is 16.6. The number of hydroxylamine groups is 1. The van der Waals surface area contributed by atoms with Crippen molar-refractivity contribution in [1.82, 2.24) is 10.4 Å². The smallest absolute Gasteiger partial charge is 0.315 e. The van der Waals surface area contributed by atoms with Gasteiger partial charge >= 0.3 is 5.97 Å². The molecule has 134 valence electrons. The van der Waals surface area contributed by atoms with Gasteiger partial charge in [0.25, 0.3) is 11.8 Å². The summed E-state index contributed by atoms with van der Waals surface area (Å²) in [5, 5.41) is 0. The minimum absolute atomic E-state index is 0.0963. The van der Waals surface area contributed by atoms with Crippen molar-refractivity contribution in [2.75, 3.05) is 13.3 Å². The van der Waals surface area contributed by atoms with E-state index in [-0.39, 0.29) is 6.61 Å². The molecule has 1 N–H and O–H groups in total. The summed E-state index contributed by atoms with van der Waals surface area (Å²) in [6.45, 7) is 3.45. The van der Waals surface area contributed by atoms with E-state index in [0.29, 0.717) is 11.1 Å². The number of nitrogens with zero attached hydrogens (tertiary/aromatic N) is 1. The largest absolute Gasteiger partial charge is 0.443 e. The Morgan fingerprint density at radius 1 is 1.31 bits per heavy atom. The molecule has 7 heteroatoms. The molecule has 1 heterocycles. The first-order valence-electron chi connectivity index (χ1n) is 8.02. The number of carbonyl (C=O) groups excluding carboxylic acids is 3. The van der Waals surface area contributed by atoms with Gasteiger partial charge in [0.05, 0.1) is 17.0 Å². The van der Waals surface area contributed by atoms with Gasteiger partial charge in [-0.15, -0.1) is 6.42 Å². The molecule has 2 aliphatic rings. The van der Waals surface area contributed by atoms with Gasteiger partial charge in [-0.05, 0) is 17.7 Å². The van der Waals surface area contributed by atoms with Crippen LogP contribution in [0, 0.1) is 23.7 Å². The molecule has 1 aliphatic carbocycles. The standard InChI is InChI=1S/C19H18N2O5/c1-4-9-26-20-10-14-15(19(14,2)3)18(24)25-11-21-16(22)12-7-5-6-8-13(12)17(21)23/h1,5-8,10,15,20H,9,11H2,2-3H3/t15-/m0/s1. The Balaban J connectivity index is 1.59. The summed E-state index contributed by atoms with van der Waals surface area (Å²) in [5.41, 5.74) is 3.61. The van der Waals surface area contributed by atoms with Crippen LogP contribution in [0.25, 0.3) is 0 Å². The molecule has 0 unspecified atom stereocenters. The van der Waals surface area contributed by atoms with E-state index in [1.807, 2.05) is 13.8 Å². The van der Waals surface area contributed by atoms with Crippen molar-refractivity contribution in [3.63, 3.8) is 0 Å². The van der Waals surface area contributed by atoms with E-state index in [4.69, 9.17) is 16.0 Å². The Labute approximate surface area is 150 Å². The van der Waals surface area contributed by atoms with Crippen molar-refractivity contribution in [2.45, 2.75) is 13.8 Å². The molecular formula is C19H18N2O5. The third-order valence-corrected chi connectivity index (χ3v) is 4.60. The maximum atomic E-state index is 12.3. The topological polar surface area (TPSA) is 84.9 Å². The molecule has 7 nitrogen and oxygen atoms in total. The molecule has 0 aromatic heterocycles. The van der Waals surface area contributed by atoms with Crippen LogP contribution in [0.3, 0.4) is 0 Å². The Kier molecular flexibility index (Phi) is 4.53. The molecule has 1 aliphatic heterocycles. The number of amides is 2. The molecule has 2 amide bonds. The Morgan fingerprint density at radius 3 is 2.50 bits per heavy atom. The maximum absolute atomic E-state index is 12.3. The molecule has 1 saturated carbocycles. The van der Waals surface area contributed by atoms with Crippen molar-refractivity contribution < 1.29 is 24.0 Å². The number of carbonyl (C=O) groups is 3. The highest BCUT2D eigenvalue weighted by Crippen LogP contribution is 2.58. The summed E-state index contributed by atoms with van der Waals surface area (Å²) in [4.78, 5) is 42.7. The lowest BCUT2D eigenvalue weighted by Gasteiger charge is -2.14. The molecule has 26 heavy (non-hydrogen) atoms. The number of hydrogen-bond donors (Lipinski definition) is 1. The van der Waals surface area contributed by atoms with Gasteiger partial charge in [0.1, 0.15) is 6.61 Å². The van der Waals surface area contributed by atoms with Crippen LogP contribution in [-0.2, 0) is 14.4 Å². The fourth-order valence-corrected chi connectivity index (χ4v) is 3.03. The summed E-state index contributed by atoms with van der Waals surface area (Å²) in [6.07, 6.45) is 6.65. The summed E-state index contributed by atoms with van der Waals surface area (Å²) >= 11 is 0. The molecule has 0 bridgehead atoms. The van der Waals surface area contributed by atoms with Crippen LogP contribution in [0.1, 0.15) is 34.6 Å². The van der Waals surface area contributed by atoms with E-state index in [1.165, 1.54) is 0 Å². The molecule has 0 radical (unpaired) electrons. The summed E-state index contributed by atoms with van der Waals surface area (Å²) < 4.78 is 5.22. The summed E-state index contributed by atoms with van der Waals surface area (Å²) in [6, 6.07) is 6.51. The van der Waals surface area contributed by atoms with Crippen LogP contribution in [0.15, 0.2) is 36.0 Å². The van der Waals surface area contributed by atoms with Crippen molar-refractivity contribution in [3.8, 4) is 12.3 Å². The first-order chi connectivity index (χ1) is 12.4. The van der Waals surface area contributed by atoms with E-state index in [2.05, 4.69) is 11.4 Å². The zero-order chi connectivity index (χ0) is 18.9. The second kappa shape index (κ2) is 6.65. The predicted molar refractivity (Wildman–Crippen MR) is 91.2 cm³/mol. The molecule has 1 aromatic carbocycles. The normalized spacial score (nSPS) is 21.3. The lowest BCUT2D eigenvalue weighted by atomic mass is 10.1. The molecule has 0 spiro atoms. The fourth-order valence-electron chi connectivity index (χ4n) is 3.03. The van der Waals surface area contributed by atoms with Gasteiger partial charge in [0, 0.05) is 11.6 Å². The third kappa shape index (κ3) is 2.95. The van der Waals surface area contributed by atoms with E-state index in [1.54, 1.807) is 30.5 Å². The van der Waals surface area contributed by atoms with Gasteiger partial charge in [0.2, 0.25) is 0 Å². The molecule has 1 fully saturated rings. The summed E-state index contributed by atoms with van der Waals surface area (Å²) in [7, 11) is 0. The van der Waals surface area contributed by atoms with Crippen molar-refractivity contribution in [3.05, 3.63) is 47.2 Å². The number of rotatable bonds is 6. The Hall–Kier alpha value is -3.11. The number of hydrogen-bond acceptors (Lipinski definition) is 6. The van der Waals surface area contributed by atoms with Gasteiger partial charge in [0.15, 0.2) is 6.73 Å². The van der Waals surface area contributed by atoms with Crippen LogP contribution in [0.2, 0.25) is 0 Å². The van der Waals surface area contributed by atoms with Gasteiger partial charge in [-0.3, -0.25) is 24.7 Å². The number of imide groups is 1. The van der Waals surface area contributed by atoms with E-state index in [9.17, 15) is 14.4 Å². The minimum Gasteiger partial charge on any atom is -0.443 e. The lowest BCUT2D eigenvalue weighted by molar-refractivity contribution is -0.148. The number of benzene rings is 1. The average Bonchev–Trinajstić information content (AvgIpc) is 3.09. The zero-order valence-corrected chi connectivity index (χ0v) is 14.4. The second-order valence-corrected chi connectivity index (χ2v) is 6.54. The number of fused-ring (bicyclic) bond motifs is 1. The molecule has 1 aromatic rings. The predicted octanol–water partition coefficient (Wildman–Crippen LogP) is 1.48. The third-order valence-electron chi connectivity index (χ3n) is 4.60. The Bertz CT molecular complexity index is 815. The van der Waals surface area contributed by atoms with Gasteiger partial charge < -0.3 is 4.74 Å². The highest BCUT2D eigenvalue weighted by molar-refractivity contribution is 6.21. The molecule has 3 rings (SSSR count). The molecule has 1 atom stereocenters.